The van der Waals surface area contributed by atoms with Gasteiger partial charge in [0.25, 0.3) is 0 Å². The van der Waals surface area contributed by atoms with Crippen LogP contribution in [0, 0.1) is 5.41 Å². The van der Waals surface area contributed by atoms with Gasteiger partial charge in [-0.3, -0.25) is 14.5 Å². The molecule has 21 heavy (non-hydrogen) atoms. The van der Waals surface area contributed by atoms with Crippen molar-refractivity contribution in [2.75, 3.05) is 25.0 Å². The lowest BCUT2D eigenvalue weighted by Crippen LogP contribution is -2.45. The number of carbonyl (C=O) groups excluding carboxylic acids is 1. The highest BCUT2D eigenvalue weighted by molar-refractivity contribution is 9.10. The van der Waals surface area contributed by atoms with Gasteiger partial charge in [0, 0.05) is 10.2 Å². The van der Waals surface area contributed by atoms with Crippen molar-refractivity contribution in [1.82, 2.24) is 4.90 Å². The Balaban J connectivity index is 1.82. The number of carbonyl (C=O) groups is 2. The number of likely N-dealkylation sites (tertiary alicyclic amines) is 1. The standard InChI is InChI=1S/C15H19BrN2O3/c1-15(14(20)21)6-8-18(9-7-15)10-13(19)17-12-4-2-11(16)3-5-12/h2-5H,6-10H2,1H3,(H,17,19)(H,20,21). The number of carboxylic acids is 1. The van der Waals surface area contributed by atoms with Gasteiger partial charge in [-0.2, -0.15) is 0 Å². The average molecular weight is 355 g/mol. The largest absolute Gasteiger partial charge is 0.481 e. The Labute approximate surface area is 132 Å². The third kappa shape index (κ3) is 4.28. The van der Waals surface area contributed by atoms with Crippen LogP contribution < -0.4 is 5.32 Å². The second-order valence-electron chi connectivity index (χ2n) is 5.70. The van der Waals surface area contributed by atoms with Crippen molar-refractivity contribution in [3.63, 3.8) is 0 Å². The first-order chi connectivity index (χ1) is 9.89. The molecule has 0 atom stereocenters. The molecule has 1 saturated heterocycles. The number of hydrogen-bond donors (Lipinski definition) is 2. The molecule has 5 nitrogen and oxygen atoms in total. The van der Waals surface area contributed by atoms with Crippen LogP contribution in [-0.2, 0) is 9.59 Å². The van der Waals surface area contributed by atoms with Gasteiger partial charge in [-0.15, -0.1) is 0 Å². The smallest absolute Gasteiger partial charge is 0.309 e. The van der Waals surface area contributed by atoms with Crippen molar-refractivity contribution in [1.29, 1.82) is 0 Å². The number of hydrogen-bond acceptors (Lipinski definition) is 3. The number of aliphatic carboxylic acids is 1. The van der Waals surface area contributed by atoms with E-state index in [-0.39, 0.29) is 5.91 Å². The van der Waals surface area contributed by atoms with Crippen molar-refractivity contribution in [2.24, 2.45) is 5.41 Å². The van der Waals surface area contributed by atoms with E-state index in [9.17, 15) is 14.7 Å². The van der Waals surface area contributed by atoms with Gasteiger partial charge in [0.05, 0.1) is 12.0 Å². The number of piperidine rings is 1. The first-order valence-corrected chi connectivity index (χ1v) is 7.69. The molecule has 0 aliphatic carbocycles. The number of anilines is 1. The molecule has 1 aromatic carbocycles. The zero-order chi connectivity index (χ0) is 15.5. The van der Waals surface area contributed by atoms with E-state index < -0.39 is 11.4 Å². The molecule has 2 rings (SSSR count). The van der Waals surface area contributed by atoms with Crippen molar-refractivity contribution >= 4 is 33.5 Å². The van der Waals surface area contributed by atoms with Crippen molar-refractivity contribution in [2.45, 2.75) is 19.8 Å². The molecule has 1 amide bonds. The van der Waals surface area contributed by atoms with Crippen LogP contribution in [0.15, 0.2) is 28.7 Å². The monoisotopic (exact) mass is 354 g/mol. The zero-order valence-electron chi connectivity index (χ0n) is 11.9. The Morgan fingerprint density at radius 2 is 1.86 bits per heavy atom. The molecular weight excluding hydrogens is 336 g/mol. The molecule has 1 aliphatic rings. The van der Waals surface area contributed by atoms with Crippen LogP contribution in [0.3, 0.4) is 0 Å². The normalized spacial score (nSPS) is 18.2. The van der Waals surface area contributed by atoms with Gasteiger partial charge in [0.1, 0.15) is 0 Å². The summed E-state index contributed by atoms with van der Waals surface area (Å²) in [6.07, 6.45) is 1.15. The highest BCUT2D eigenvalue weighted by atomic mass is 79.9. The van der Waals surface area contributed by atoms with E-state index in [1.54, 1.807) is 6.92 Å². The summed E-state index contributed by atoms with van der Waals surface area (Å²) in [4.78, 5) is 25.2. The fourth-order valence-corrected chi connectivity index (χ4v) is 2.62. The summed E-state index contributed by atoms with van der Waals surface area (Å²) in [5.74, 6) is -0.822. The summed E-state index contributed by atoms with van der Waals surface area (Å²) in [6.45, 7) is 3.34. The number of nitrogens with one attached hydrogen (secondary N) is 1. The number of halogens is 1. The maximum Gasteiger partial charge on any atom is 0.309 e. The quantitative estimate of drug-likeness (QED) is 0.871. The summed E-state index contributed by atoms with van der Waals surface area (Å²) >= 11 is 3.34. The molecule has 0 saturated carbocycles. The molecule has 1 heterocycles. The predicted octanol–water partition coefficient (Wildman–Crippen LogP) is 2.57. The van der Waals surface area contributed by atoms with E-state index in [4.69, 9.17) is 0 Å². The Bertz CT molecular complexity index is 522. The maximum atomic E-state index is 12.0. The van der Waals surface area contributed by atoms with Gasteiger partial charge in [0.15, 0.2) is 0 Å². The molecule has 2 N–H and O–H groups in total. The molecule has 0 aromatic heterocycles. The van der Waals surface area contributed by atoms with Crippen LogP contribution in [0.2, 0.25) is 0 Å². The molecule has 0 bridgehead atoms. The Morgan fingerprint density at radius 1 is 1.29 bits per heavy atom. The second kappa shape index (κ2) is 6.58. The number of benzene rings is 1. The lowest BCUT2D eigenvalue weighted by atomic mass is 9.80. The lowest BCUT2D eigenvalue weighted by molar-refractivity contribution is -0.150. The van der Waals surface area contributed by atoms with Crippen LogP contribution in [0.25, 0.3) is 0 Å². The molecular formula is C15H19BrN2O3. The predicted molar refractivity (Wildman–Crippen MR) is 84.2 cm³/mol. The summed E-state index contributed by atoms with van der Waals surface area (Å²) < 4.78 is 0.962. The van der Waals surface area contributed by atoms with Crippen molar-refractivity contribution < 1.29 is 14.7 Å². The minimum Gasteiger partial charge on any atom is -0.481 e. The van der Waals surface area contributed by atoms with Crippen LogP contribution in [0.4, 0.5) is 5.69 Å². The van der Waals surface area contributed by atoms with Gasteiger partial charge in [-0.25, -0.2) is 0 Å². The third-order valence-corrected chi connectivity index (χ3v) is 4.50. The van der Waals surface area contributed by atoms with Gasteiger partial charge in [-0.1, -0.05) is 15.9 Å². The molecule has 0 radical (unpaired) electrons. The van der Waals surface area contributed by atoms with E-state index in [0.717, 1.165) is 10.2 Å². The molecule has 1 aromatic rings. The molecule has 6 heteroatoms. The number of rotatable bonds is 4. The SMILES string of the molecule is CC1(C(=O)O)CCN(CC(=O)Nc2ccc(Br)cc2)CC1. The number of amides is 1. The highest BCUT2D eigenvalue weighted by Gasteiger charge is 2.37. The second-order valence-corrected chi connectivity index (χ2v) is 6.61. The van der Waals surface area contributed by atoms with Crippen LogP contribution in [0.5, 0.6) is 0 Å². The summed E-state index contributed by atoms with van der Waals surface area (Å²) in [5, 5.41) is 12.0. The van der Waals surface area contributed by atoms with Crippen molar-refractivity contribution in [3.05, 3.63) is 28.7 Å². The molecule has 0 unspecified atom stereocenters. The topological polar surface area (TPSA) is 69.6 Å². The molecule has 1 fully saturated rings. The minimum absolute atomic E-state index is 0.0729. The molecule has 0 spiro atoms. The highest BCUT2D eigenvalue weighted by Crippen LogP contribution is 2.30. The maximum absolute atomic E-state index is 12.0. The number of carboxylic acid groups (broad SMARTS) is 1. The molecule has 1 aliphatic heterocycles. The van der Waals surface area contributed by atoms with E-state index in [1.165, 1.54) is 0 Å². The Kier molecular flexibility index (Phi) is 5.00. The summed E-state index contributed by atoms with van der Waals surface area (Å²) in [6, 6.07) is 7.41. The van der Waals surface area contributed by atoms with Crippen LogP contribution in [-0.4, -0.2) is 41.5 Å². The van der Waals surface area contributed by atoms with E-state index in [2.05, 4.69) is 21.2 Å². The minimum atomic E-state index is -0.749. The lowest BCUT2D eigenvalue weighted by Gasteiger charge is -2.35. The van der Waals surface area contributed by atoms with Gasteiger partial charge < -0.3 is 10.4 Å². The number of nitrogens with zero attached hydrogens (tertiary/aromatic N) is 1. The summed E-state index contributed by atoms with van der Waals surface area (Å²) in [7, 11) is 0. The van der Waals surface area contributed by atoms with Gasteiger partial charge in [0.2, 0.25) is 5.91 Å². The van der Waals surface area contributed by atoms with Crippen molar-refractivity contribution in [3.8, 4) is 0 Å². The first-order valence-electron chi connectivity index (χ1n) is 6.90. The Hall–Kier alpha value is -1.40. The summed E-state index contributed by atoms with van der Waals surface area (Å²) in [5.41, 5.74) is 0.106. The zero-order valence-corrected chi connectivity index (χ0v) is 13.5. The fraction of sp³-hybridized carbons (Fsp3) is 0.467. The van der Waals surface area contributed by atoms with E-state index in [0.29, 0.717) is 32.5 Å². The Morgan fingerprint density at radius 3 is 2.38 bits per heavy atom. The van der Waals surface area contributed by atoms with E-state index in [1.807, 2.05) is 29.2 Å². The first kappa shape index (κ1) is 16.0. The van der Waals surface area contributed by atoms with Gasteiger partial charge in [-0.05, 0) is 57.1 Å². The molecule has 114 valence electrons. The van der Waals surface area contributed by atoms with Crippen LogP contribution >= 0.6 is 15.9 Å². The van der Waals surface area contributed by atoms with E-state index >= 15 is 0 Å². The van der Waals surface area contributed by atoms with Gasteiger partial charge >= 0.3 is 5.97 Å². The average Bonchev–Trinajstić information content (AvgIpc) is 2.44. The van der Waals surface area contributed by atoms with Crippen LogP contribution in [0.1, 0.15) is 19.8 Å². The fourth-order valence-electron chi connectivity index (χ4n) is 2.36. The third-order valence-electron chi connectivity index (χ3n) is 3.97.